The van der Waals surface area contributed by atoms with Crippen molar-refractivity contribution in [2.24, 2.45) is 5.92 Å². The van der Waals surface area contributed by atoms with Crippen molar-refractivity contribution in [2.45, 2.75) is 19.3 Å². The van der Waals surface area contributed by atoms with Gasteiger partial charge in [-0.3, -0.25) is 0 Å². The van der Waals surface area contributed by atoms with E-state index in [4.69, 9.17) is 0 Å². The van der Waals surface area contributed by atoms with Gasteiger partial charge in [0.15, 0.2) is 0 Å². The maximum Gasteiger partial charge on any atom is 0.0164 e. The zero-order chi connectivity index (χ0) is 9.10. The summed E-state index contributed by atoms with van der Waals surface area (Å²) in [7, 11) is 0. The second kappa shape index (κ2) is 3.93. The third-order valence-electron chi connectivity index (χ3n) is 2.93. The molecule has 1 aromatic rings. The predicted octanol–water partition coefficient (Wildman–Crippen LogP) is 2.41. The Morgan fingerprint density at radius 2 is 2.00 bits per heavy atom. The van der Waals surface area contributed by atoms with Crippen LogP contribution < -0.4 is 5.32 Å². The van der Waals surface area contributed by atoms with Gasteiger partial charge in [-0.15, -0.1) is 0 Å². The first-order chi connectivity index (χ1) is 6.38. The molecule has 1 aliphatic heterocycles. The zero-order valence-electron chi connectivity index (χ0n) is 8.11. The molecule has 0 saturated carbocycles. The highest BCUT2D eigenvalue weighted by Crippen LogP contribution is 2.29. The molecule has 1 radical (unpaired) electrons. The van der Waals surface area contributed by atoms with Crippen LogP contribution in [0.15, 0.2) is 30.3 Å². The van der Waals surface area contributed by atoms with E-state index in [9.17, 15) is 0 Å². The lowest BCUT2D eigenvalue weighted by atomic mass is 9.82. The predicted molar refractivity (Wildman–Crippen MR) is 54.8 cm³/mol. The van der Waals surface area contributed by atoms with Gasteiger partial charge in [0.25, 0.3) is 0 Å². The molecule has 0 amide bonds. The van der Waals surface area contributed by atoms with Crippen LogP contribution in [0.3, 0.4) is 0 Å². The molecule has 0 N–H and O–H groups in total. The molecule has 1 nitrogen and oxygen atoms in total. The fourth-order valence-electron chi connectivity index (χ4n) is 2.13. The third kappa shape index (κ3) is 1.92. The van der Waals surface area contributed by atoms with Crippen molar-refractivity contribution >= 4 is 0 Å². The van der Waals surface area contributed by atoms with Crippen LogP contribution in [-0.2, 0) is 0 Å². The Morgan fingerprint density at radius 3 is 2.69 bits per heavy atom. The number of benzene rings is 1. The Morgan fingerprint density at radius 1 is 1.23 bits per heavy atom. The smallest absolute Gasteiger partial charge is 0.0164 e. The molecule has 1 fully saturated rings. The molecule has 69 valence electrons. The number of nitrogens with zero attached hydrogens (tertiary/aromatic N) is 1. The first-order valence-electron chi connectivity index (χ1n) is 5.06. The van der Waals surface area contributed by atoms with Crippen LogP contribution in [0.5, 0.6) is 0 Å². The van der Waals surface area contributed by atoms with Gasteiger partial charge < -0.3 is 0 Å². The van der Waals surface area contributed by atoms with Gasteiger partial charge >= 0.3 is 0 Å². The summed E-state index contributed by atoms with van der Waals surface area (Å²) in [5.74, 6) is 1.45. The van der Waals surface area contributed by atoms with Crippen LogP contribution in [0.1, 0.15) is 24.8 Å². The number of piperidine rings is 1. The molecule has 1 heterocycles. The van der Waals surface area contributed by atoms with E-state index in [1.54, 1.807) is 0 Å². The van der Waals surface area contributed by atoms with Gasteiger partial charge in [0, 0.05) is 13.1 Å². The summed E-state index contributed by atoms with van der Waals surface area (Å²) in [6.45, 7) is 4.39. The molecule has 0 bridgehead atoms. The van der Waals surface area contributed by atoms with Crippen molar-refractivity contribution in [1.82, 2.24) is 5.32 Å². The van der Waals surface area contributed by atoms with Crippen LogP contribution >= 0.6 is 0 Å². The van der Waals surface area contributed by atoms with Crippen LogP contribution in [0, 0.1) is 5.92 Å². The SMILES string of the molecule is CC1C[N]CCC1c1ccccc1. The second-order valence-electron chi connectivity index (χ2n) is 3.91. The topological polar surface area (TPSA) is 14.1 Å². The minimum absolute atomic E-state index is 0.719. The molecule has 2 unspecified atom stereocenters. The summed E-state index contributed by atoms with van der Waals surface area (Å²) in [4.78, 5) is 0. The summed E-state index contributed by atoms with van der Waals surface area (Å²) in [5, 5.41) is 4.43. The third-order valence-corrected chi connectivity index (χ3v) is 2.93. The number of hydrogen-bond donors (Lipinski definition) is 0. The molecular formula is C12H16N. The van der Waals surface area contributed by atoms with E-state index in [1.807, 2.05) is 0 Å². The van der Waals surface area contributed by atoms with E-state index in [0.29, 0.717) is 0 Å². The Kier molecular flexibility index (Phi) is 2.65. The summed E-state index contributed by atoms with van der Waals surface area (Å²) in [5.41, 5.74) is 1.49. The Hall–Kier alpha value is -0.820. The van der Waals surface area contributed by atoms with Gasteiger partial charge in [0.1, 0.15) is 0 Å². The van der Waals surface area contributed by atoms with E-state index < -0.39 is 0 Å². The summed E-state index contributed by atoms with van der Waals surface area (Å²) in [6.07, 6.45) is 1.23. The largest absolute Gasteiger partial charge is 0.241 e. The Balaban J connectivity index is 2.15. The highest BCUT2D eigenvalue weighted by molar-refractivity contribution is 5.20. The van der Waals surface area contributed by atoms with Crippen molar-refractivity contribution < 1.29 is 0 Å². The first-order valence-corrected chi connectivity index (χ1v) is 5.06. The normalized spacial score (nSPS) is 28.7. The van der Waals surface area contributed by atoms with Gasteiger partial charge in [-0.2, -0.15) is 0 Å². The average Bonchev–Trinajstić information content (AvgIpc) is 2.20. The lowest BCUT2D eigenvalue weighted by Crippen LogP contribution is -2.29. The maximum atomic E-state index is 4.43. The van der Waals surface area contributed by atoms with Crippen molar-refractivity contribution in [2.75, 3.05) is 13.1 Å². The van der Waals surface area contributed by atoms with Gasteiger partial charge in [-0.25, -0.2) is 5.32 Å². The molecule has 2 rings (SSSR count). The number of hydrogen-bond acceptors (Lipinski definition) is 0. The molecule has 2 atom stereocenters. The quantitative estimate of drug-likeness (QED) is 0.621. The minimum atomic E-state index is 0.719. The first kappa shape index (κ1) is 8.76. The van der Waals surface area contributed by atoms with E-state index in [-0.39, 0.29) is 0 Å². The summed E-state index contributed by atoms with van der Waals surface area (Å²) >= 11 is 0. The van der Waals surface area contributed by atoms with E-state index >= 15 is 0 Å². The van der Waals surface area contributed by atoms with Crippen molar-refractivity contribution in [3.05, 3.63) is 35.9 Å². The second-order valence-corrected chi connectivity index (χ2v) is 3.91. The molecule has 13 heavy (non-hydrogen) atoms. The summed E-state index contributed by atoms with van der Waals surface area (Å²) in [6, 6.07) is 10.8. The molecule has 0 aliphatic carbocycles. The molecule has 1 saturated heterocycles. The minimum Gasteiger partial charge on any atom is -0.241 e. The van der Waals surface area contributed by atoms with Crippen LogP contribution in [0.25, 0.3) is 0 Å². The molecule has 0 aromatic heterocycles. The molecular weight excluding hydrogens is 158 g/mol. The highest BCUT2D eigenvalue weighted by atomic mass is 14.9. The zero-order valence-corrected chi connectivity index (χ0v) is 8.11. The fourth-order valence-corrected chi connectivity index (χ4v) is 2.13. The van der Waals surface area contributed by atoms with Gasteiger partial charge in [-0.05, 0) is 23.8 Å². The van der Waals surface area contributed by atoms with Crippen molar-refractivity contribution in [3.8, 4) is 0 Å². The van der Waals surface area contributed by atoms with Crippen molar-refractivity contribution in [3.63, 3.8) is 0 Å². The molecule has 0 spiro atoms. The molecule has 1 aromatic carbocycles. The van der Waals surface area contributed by atoms with Crippen molar-refractivity contribution in [1.29, 1.82) is 0 Å². The molecule has 1 heteroatoms. The number of rotatable bonds is 1. The Bertz CT molecular complexity index is 255. The monoisotopic (exact) mass is 174 g/mol. The van der Waals surface area contributed by atoms with E-state index in [0.717, 1.165) is 24.9 Å². The maximum absolute atomic E-state index is 4.43. The highest BCUT2D eigenvalue weighted by Gasteiger charge is 2.22. The van der Waals surface area contributed by atoms with Gasteiger partial charge in [0.05, 0.1) is 0 Å². The standard InChI is InChI=1S/C12H16N/c1-10-9-13-8-7-12(10)11-5-3-2-4-6-11/h2-6,10,12H,7-9H2,1H3. The van der Waals surface area contributed by atoms with Gasteiger partial charge in [-0.1, -0.05) is 37.3 Å². The average molecular weight is 174 g/mol. The fraction of sp³-hybridized carbons (Fsp3) is 0.500. The van der Waals surface area contributed by atoms with Crippen LogP contribution in [0.2, 0.25) is 0 Å². The van der Waals surface area contributed by atoms with Crippen LogP contribution in [-0.4, -0.2) is 13.1 Å². The van der Waals surface area contributed by atoms with Crippen LogP contribution in [0.4, 0.5) is 0 Å². The Labute approximate surface area is 80.2 Å². The lowest BCUT2D eigenvalue weighted by molar-refractivity contribution is 0.344. The molecule has 1 aliphatic rings. The van der Waals surface area contributed by atoms with E-state index in [2.05, 4.69) is 42.6 Å². The summed E-state index contributed by atoms with van der Waals surface area (Å²) < 4.78 is 0. The van der Waals surface area contributed by atoms with E-state index in [1.165, 1.54) is 12.0 Å². The van der Waals surface area contributed by atoms with Gasteiger partial charge in [0.2, 0.25) is 0 Å². The lowest BCUT2D eigenvalue weighted by Gasteiger charge is -2.28.